The number of hydrogen-bond acceptors (Lipinski definition) is 2. The Morgan fingerprint density at radius 1 is 1.50 bits per heavy atom. The molecule has 0 aromatic carbocycles. The Balaban J connectivity index is 2.68. The number of fused-ring (bicyclic) bond motifs is 1. The summed E-state index contributed by atoms with van der Waals surface area (Å²) >= 11 is 5.99. The van der Waals surface area contributed by atoms with Crippen LogP contribution in [0.4, 0.5) is 0 Å². The van der Waals surface area contributed by atoms with Crippen LogP contribution in [0.15, 0.2) is 30.5 Å². The normalized spacial score (nSPS) is 10.4. The van der Waals surface area contributed by atoms with Gasteiger partial charge in [0.15, 0.2) is 0 Å². The highest BCUT2D eigenvalue weighted by atomic mass is 35.5. The van der Waals surface area contributed by atoms with E-state index in [0.717, 1.165) is 5.52 Å². The third-order valence-electron chi connectivity index (χ3n) is 2.02. The van der Waals surface area contributed by atoms with E-state index >= 15 is 0 Å². The molecule has 0 N–H and O–H groups in total. The fourth-order valence-corrected chi connectivity index (χ4v) is 1.63. The molecular formula is C10H8ClNO2. The van der Waals surface area contributed by atoms with Crippen molar-refractivity contribution in [2.24, 2.45) is 0 Å². The predicted molar refractivity (Wildman–Crippen MR) is 53.7 cm³/mol. The molecule has 0 atom stereocenters. The molecule has 4 heteroatoms. The van der Waals surface area contributed by atoms with Crippen LogP contribution in [0.2, 0.25) is 5.15 Å². The van der Waals surface area contributed by atoms with Crippen LogP contribution in [-0.4, -0.2) is 17.5 Å². The van der Waals surface area contributed by atoms with Gasteiger partial charge < -0.3 is 9.14 Å². The highest BCUT2D eigenvalue weighted by molar-refractivity contribution is 6.33. The second-order valence-electron chi connectivity index (χ2n) is 2.84. The Hall–Kier alpha value is -1.48. The van der Waals surface area contributed by atoms with Gasteiger partial charge >= 0.3 is 5.97 Å². The predicted octanol–water partition coefficient (Wildman–Crippen LogP) is 2.38. The summed E-state index contributed by atoms with van der Waals surface area (Å²) in [5.74, 6) is -0.418. The second kappa shape index (κ2) is 3.35. The molecule has 72 valence electrons. The van der Waals surface area contributed by atoms with E-state index in [1.165, 1.54) is 7.11 Å². The SMILES string of the molecule is COC(=O)c1cc2ccccn2c1Cl. The van der Waals surface area contributed by atoms with Crippen molar-refractivity contribution < 1.29 is 9.53 Å². The first-order valence-corrected chi connectivity index (χ1v) is 4.45. The minimum atomic E-state index is -0.418. The third kappa shape index (κ3) is 1.26. The minimum Gasteiger partial charge on any atom is -0.465 e. The van der Waals surface area contributed by atoms with Crippen LogP contribution in [0, 0.1) is 0 Å². The average Bonchev–Trinajstić information content (AvgIpc) is 2.56. The van der Waals surface area contributed by atoms with Crippen molar-refractivity contribution in [2.75, 3.05) is 7.11 Å². The molecule has 2 heterocycles. The maximum atomic E-state index is 11.3. The van der Waals surface area contributed by atoms with Crippen LogP contribution in [-0.2, 0) is 4.74 Å². The second-order valence-corrected chi connectivity index (χ2v) is 3.19. The van der Waals surface area contributed by atoms with E-state index in [0.29, 0.717) is 10.7 Å². The minimum absolute atomic E-state index is 0.382. The standard InChI is InChI=1S/C10H8ClNO2/c1-14-10(13)8-6-7-4-2-3-5-12(7)9(8)11/h2-6H,1H3. The van der Waals surface area contributed by atoms with Crippen LogP contribution in [0.3, 0.4) is 0 Å². The number of rotatable bonds is 1. The highest BCUT2D eigenvalue weighted by Gasteiger charge is 2.14. The topological polar surface area (TPSA) is 30.7 Å². The van der Waals surface area contributed by atoms with Crippen LogP contribution in [0.25, 0.3) is 5.52 Å². The zero-order valence-corrected chi connectivity index (χ0v) is 8.28. The molecule has 0 saturated carbocycles. The van der Waals surface area contributed by atoms with Gasteiger partial charge in [0.2, 0.25) is 0 Å². The number of ether oxygens (including phenoxy) is 1. The average molecular weight is 210 g/mol. The lowest BCUT2D eigenvalue weighted by Gasteiger charge is -1.96. The molecule has 0 fully saturated rings. The van der Waals surface area contributed by atoms with Gasteiger partial charge in [-0.25, -0.2) is 4.79 Å². The van der Waals surface area contributed by atoms with Gasteiger partial charge in [-0.05, 0) is 18.2 Å². The summed E-state index contributed by atoms with van der Waals surface area (Å²) in [4.78, 5) is 11.3. The van der Waals surface area contributed by atoms with E-state index in [-0.39, 0.29) is 0 Å². The van der Waals surface area contributed by atoms with Gasteiger partial charge in [-0.15, -0.1) is 0 Å². The van der Waals surface area contributed by atoms with Gasteiger partial charge in [-0.1, -0.05) is 17.7 Å². The number of hydrogen-bond donors (Lipinski definition) is 0. The first-order valence-electron chi connectivity index (χ1n) is 4.08. The Kier molecular flexibility index (Phi) is 2.17. The molecule has 3 nitrogen and oxygen atoms in total. The summed E-state index contributed by atoms with van der Waals surface area (Å²) in [6.07, 6.45) is 1.80. The van der Waals surface area contributed by atoms with Gasteiger partial charge in [-0.3, -0.25) is 0 Å². The third-order valence-corrected chi connectivity index (χ3v) is 2.41. The molecule has 0 aliphatic carbocycles. The Morgan fingerprint density at radius 3 is 2.93 bits per heavy atom. The number of carbonyl (C=O) groups excluding carboxylic acids is 1. The van der Waals surface area contributed by atoms with E-state index in [9.17, 15) is 4.79 Å². The summed E-state index contributed by atoms with van der Waals surface area (Å²) in [6, 6.07) is 7.30. The molecule has 2 aromatic heterocycles. The smallest absolute Gasteiger partial charge is 0.341 e. The van der Waals surface area contributed by atoms with Crippen molar-refractivity contribution in [1.29, 1.82) is 0 Å². The molecule has 14 heavy (non-hydrogen) atoms. The summed E-state index contributed by atoms with van der Waals surface area (Å²) in [6.45, 7) is 0. The lowest BCUT2D eigenvalue weighted by atomic mass is 10.3. The Labute approximate surface area is 85.9 Å². The molecule has 0 amide bonds. The summed E-state index contributed by atoms with van der Waals surface area (Å²) in [7, 11) is 1.33. The van der Waals surface area contributed by atoms with Crippen molar-refractivity contribution in [3.8, 4) is 0 Å². The van der Waals surface area contributed by atoms with E-state index in [1.807, 2.05) is 18.2 Å². The largest absolute Gasteiger partial charge is 0.465 e. The number of nitrogens with zero attached hydrogens (tertiary/aromatic N) is 1. The summed E-state index contributed by atoms with van der Waals surface area (Å²) in [5.41, 5.74) is 1.26. The van der Waals surface area contributed by atoms with Crippen molar-refractivity contribution in [2.45, 2.75) is 0 Å². The van der Waals surface area contributed by atoms with Crippen LogP contribution >= 0.6 is 11.6 Å². The highest BCUT2D eigenvalue weighted by Crippen LogP contribution is 2.21. The van der Waals surface area contributed by atoms with Gasteiger partial charge in [0.1, 0.15) is 5.15 Å². The molecule has 0 unspecified atom stereocenters. The van der Waals surface area contributed by atoms with Crippen LogP contribution < -0.4 is 0 Å². The summed E-state index contributed by atoms with van der Waals surface area (Å²) < 4.78 is 6.34. The van der Waals surface area contributed by atoms with E-state index < -0.39 is 5.97 Å². The maximum absolute atomic E-state index is 11.3. The molecule has 2 rings (SSSR count). The molecule has 0 saturated heterocycles. The van der Waals surface area contributed by atoms with Crippen molar-refractivity contribution in [3.05, 3.63) is 41.2 Å². The van der Waals surface area contributed by atoms with Crippen molar-refractivity contribution >= 4 is 23.1 Å². The Morgan fingerprint density at radius 2 is 2.29 bits per heavy atom. The van der Waals surface area contributed by atoms with Crippen LogP contribution in [0.5, 0.6) is 0 Å². The van der Waals surface area contributed by atoms with Crippen molar-refractivity contribution in [1.82, 2.24) is 4.40 Å². The van der Waals surface area contributed by atoms with Gasteiger partial charge in [0, 0.05) is 11.7 Å². The first kappa shape index (κ1) is 9.09. The van der Waals surface area contributed by atoms with Gasteiger partial charge in [-0.2, -0.15) is 0 Å². The number of esters is 1. The molecule has 0 radical (unpaired) electrons. The fraction of sp³-hybridized carbons (Fsp3) is 0.100. The number of aromatic nitrogens is 1. The number of halogens is 1. The zero-order chi connectivity index (χ0) is 10.1. The molecule has 2 aromatic rings. The quantitative estimate of drug-likeness (QED) is 0.676. The number of methoxy groups -OCH3 is 1. The maximum Gasteiger partial charge on any atom is 0.341 e. The lowest BCUT2D eigenvalue weighted by molar-refractivity contribution is 0.0601. The lowest BCUT2D eigenvalue weighted by Crippen LogP contribution is -2.00. The van der Waals surface area contributed by atoms with Gasteiger partial charge in [0.05, 0.1) is 12.7 Å². The fourth-order valence-electron chi connectivity index (χ4n) is 1.34. The molecule has 0 aliphatic rings. The molecule has 0 bridgehead atoms. The zero-order valence-electron chi connectivity index (χ0n) is 7.53. The monoisotopic (exact) mass is 209 g/mol. The molecule has 0 aliphatic heterocycles. The van der Waals surface area contributed by atoms with Crippen LogP contribution in [0.1, 0.15) is 10.4 Å². The van der Waals surface area contributed by atoms with Gasteiger partial charge in [0.25, 0.3) is 0 Å². The van der Waals surface area contributed by atoms with E-state index in [4.69, 9.17) is 11.6 Å². The van der Waals surface area contributed by atoms with E-state index in [2.05, 4.69) is 4.74 Å². The summed E-state index contributed by atoms with van der Waals surface area (Å²) in [5, 5.41) is 0.382. The number of carbonyl (C=O) groups is 1. The molecule has 0 spiro atoms. The van der Waals surface area contributed by atoms with Crippen molar-refractivity contribution in [3.63, 3.8) is 0 Å². The first-order chi connectivity index (χ1) is 6.74. The van der Waals surface area contributed by atoms with E-state index in [1.54, 1.807) is 16.7 Å². The number of pyridine rings is 1. The molecular weight excluding hydrogens is 202 g/mol. The Bertz CT molecular complexity index is 490.